The standard InChI is InChI=1S/C20H35N5.HI/c1-5-21-20(23-15-19-8-7-13-25(19)6-2)22-14-17-9-11-18(12-10-17)16-24(3)4;/h9-12,19H,5-8,13-16H2,1-4H3,(H2,21,22,23);1H. The van der Waals surface area contributed by atoms with Crippen molar-refractivity contribution in [3.63, 3.8) is 0 Å². The molecule has 0 saturated carbocycles. The first-order valence-electron chi connectivity index (χ1n) is 9.61. The van der Waals surface area contributed by atoms with Crippen LogP contribution in [0.25, 0.3) is 0 Å². The van der Waals surface area contributed by atoms with E-state index >= 15 is 0 Å². The molecule has 0 aromatic heterocycles. The van der Waals surface area contributed by atoms with Crippen LogP contribution < -0.4 is 10.6 Å². The van der Waals surface area contributed by atoms with Crippen molar-refractivity contribution in [3.05, 3.63) is 35.4 Å². The van der Waals surface area contributed by atoms with E-state index in [0.29, 0.717) is 12.6 Å². The monoisotopic (exact) mass is 473 g/mol. The Kier molecular flexibility index (Phi) is 11.2. The minimum Gasteiger partial charge on any atom is -0.357 e. The number of guanidine groups is 1. The van der Waals surface area contributed by atoms with Gasteiger partial charge in [-0.25, -0.2) is 4.99 Å². The molecule has 1 aliphatic rings. The summed E-state index contributed by atoms with van der Waals surface area (Å²) >= 11 is 0. The summed E-state index contributed by atoms with van der Waals surface area (Å²) in [6, 6.07) is 9.40. The Labute approximate surface area is 176 Å². The van der Waals surface area contributed by atoms with Crippen LogP contribution in [0.1, 0.15) is 37.8 Å². The molecule has 0 amide bonds. The average Bonchev–Trinajstić information content (AvgIpc) is 3.05. The number of nitrogens with one attached hydrogen (secondary N) is 2. The molecule has 0 spiro atoms. The lowest BCUT2D eigenvalue weighted by Gasteiger charge is -2.24. The number of likely N-dealkylation sites (N-methyl/N-ethyl adjacent to an activating group) is 1. The van der Waals surface area contributed by atoms with Gasteiger partial charge in [0.15, 0.2) is 5.96 Å². The van der Waals surface area contributed by atoms with Gasteiger partial charge in [0.1, 0.15) is 0 Å². The highest BCUT2D eigenvalue weighted by atomic mass is 127. The number of halogens is 1. The second-order valence-electron chi connectivity index (χ2n) is 7.05. The third kappa shape index (κ3) is 7.80. The molecule has 6 heteroatoms. The Morgan fingerprint density at radius 3 is 2.46 bits per heavy atom. The molecule has 1 aromatic carbocycles. The maximum absolute atomic E-state index is 4.75. The van der Waals surface area contributed by atoms with E-state index < -0.39 is 0 Å². The third-order valence-corrected chi connectivity index (χ3v) is 4.70. The first-order chi connectivity index (χ1) is 12.1. The smallest absolute Gasteiger partial charge is 0.191 e. The van der Waals surface area contributed by atoms with Gasteiger partial charge in [-0.3, -0.25) is 4.90 Å². The van der Waals surface area contributed by atoms with Crippen molar-refractivity contribution in [3.8, 4) is 0 Å². The molecule has 0 bridgehead atoms. The van der Waals surface area contributed by atoms with Crippen molar-refractivity contribution in [2.75, 3.05) is 40.3 Å². The molecule has 1 aliphatic heterocycles. The summed E-state index contributed by atoms with van der Waals surface area (Å²) in [4.78, 5) is 9.49. The normalized spacial score (nSPS) is 18.0. The van der Waals surface area contributed by atoms with Crippen molar-refractivity contribution < 1.29 is 0 Å². The fraction of sp³-hybridized carbons (Fsp3) is 0.650. The molecule has 1 heterocycles. The maximum Gasteiger partial charge on any atom is 0.191 e. The molecule has 0 radical (unpaired) electrons. The van der Waals surface area contributed by atoms with Crippen LogP contribution in [0.3, 0.4) is 0 Å². The molecule has 1 unspecified atom stereocenters. The predicted molar refractivity (Wildman–Crippen MR) is 122 cm³/mol. The van der Waals surface area contributed by atoms with Gasteiger partial charge in [-0.05, 0) is 58.1 Å². The molecule has 148 valence electrons. The highest BCUT2D eigenvalue weighted by Crippen LogP contribution is 2.15. The van der Waals surface area contributed by atoms with Crippen LogP contribution in [0.5, 0.6) is 0 Å². The Balaban J connectivity index is 0.00000338. The highest BCUT2D eigenvalue weighted by Gasteiger charge is 2.22. The fourth-order valence-corrected chi connectivity index (χ4v) is 3.38. The molecule has 0 aliphatic carbocycles. The minimum atomic E-state index is 0. The highest BCUT2D eigenvalue weighted by molar-refractivity contribution is 14.0. The molecule has 5 nitrogen and oxygen atoms in total. The van der Waals surface area contributed by atoms with Gasteiger partial charge in [0, 0.05) is 25.7 Å². The first-order valence-corrected chi connectivity index (χ1v) is 9.61. The van der Waals surface area contributed by atoms with Gasteiger partial charge in [0.25, 0.3) is 0 Å². The predicted octanol–water partition coefficient (Wildman–Crippen LogP) is 2.91. The number of likely N-dealkylation sites (tertiary alicyclic amines) is 1. The minimum absolute atomic E-state index is 0. The fourth-order valence-electron chi connectivity index (χ4n) is 3.38. The summed E-state index contributed by atoms with van der Waals surface area (Å²) in [7, 11) is 4.19. The quantitative estimate of drug-likeness (QED) is 0.346. The summed E-state index contributed by atoms with van der Waals surface area (Å²) in [5, 5.41) is 6.89. The lowest BCUT2D eigenvalue weighted by atomic mass is 10.1. The number of hydrogen-bond acceptors (Lipinski definition) is 3. The average molecular weight is 473 g/mol. The van der Waals surface area contributed by atoms with E-state index in [0.717, 1.165) is 32.1 Å². The molecule has 1 atom stereocenters. The van der Waals surface area contributed by atoms with Crippen LogP contribution in [0, 0.1) is 0 Å². The zero-order valence-corrected chi connectivity index (χ0v) is 19.1. The topological polar surface area (TPSA) is 42.9 Å². The van der Waals surface area contributed by atoms with Crippen LogP contribution in [0.4, 0.5) is 0 Å². The Bertz CT molecular complexity index is 530. The number of rotatable bonds is 8. The SMILES string of the molecule is CCNC(=NCc1ccc(CN(C)C)cc1)NCC1CCCN1CC.I. The lowest BCUT2D eigenvalue weighted by molar-refractivity contribution is 0.267. The van der Waals surface area contributed by atoms with Crippen LogP contribution in [0.15, 0.2) is 29.3 Å². The second-order valence-corrected chi connectivity index (χ2v) is 7.05. The van der Waals surface area contributed by atoms with E-state index in [1.54, 1.807) is 0 Å². The first kappa shape index (κ1) is 23.2. The van der Waals surface area contributed by atoms with Gasteiger partial charge < -0.3 is 15.5 Å². The van der Waals surface area contributed by atoms with Crippen molar-refractivity contribution in [1.82, 2.24) is 20.4 Å². The van der Waals surface area contributed by atoms with E-state index in [9.17, 15) is 0 Å². The molecular formula is C20H36IN5. The summed E-state index contributed by atoms with van der Waals surface area (Å²) in [6.07, 6.45) is 2.60. The van der Waals surface area contributed by atoms with E-state index in [4.69, 9.17) is 4.99 Å². The van der Waals surface area contributed by atoms with Crippen LogP contribution in [-0.4, -0.2) is 62.1 Å². The molecule has 2 N–H and O–H groups in total. The van der Waals surface area contributed by atoms with Gasteiger partial charge >= 0.3 is 0 Å². The zero-order valence-electron chi connectivity index (χ0n) is 16.8. The second kappa shape index (κ2) is 12.5. The van der Waals surface area contributed by atoms with Gasteiger partial charge in [-0.15, -0.1) is 24.0 Å². The molecular weight excluding hydrogens is 437 g/mol. The van der Waals surface area contributed by atoms with E-state index in [-0.39, 0.29) is 24.0 Å². The van der Waals surface area contributed by atoms with Crippen molar-refractivity contribution in [2.45, 2.75) is 45.8 Å². The summed E-state index contributed by atoms with van der Waals surface area (Å²) in [5.41, 5.74) is 2.58. The van der Waals surface area contributed by atoms with Crippen molar-refractivity contribution in [1.29, 1.82) is 0 Å². The van der Waals surface area contributed by atoms with Crippen molar-refractivity contribution in [2.24, 2.45) is 4.99 Å². The summed E-state index contributed by atoms with van der Waals surface area (Å²) in [5.74, 6) is 0.919. The van der Waals surface area contributed by atoms with Gasteiger partial charge in [-0.1, -0.05) is 31.2 Å². The van der Waals surface area contributed by atoms with E-state index in [1.807, 2.05) is 0 Å². The molecule has 26 heavy (non-hydrogen) atoms. The molecule has 2 rings (SSSR count). The number of hydrogen-bond donors (Lipinski definition) is 2. The van der Waals surface area contributed by atoms with Crippen LogP contribution in [-0.2, 0) is 13.1 Å². The van der Waals surface area contributed by atoms with Gasteiger partial charge in [0.2, 0.25) is 0 Å². The largest absolute Gasteiger partial charge is 0.357 e. The van der Waals surface area contributed by atoms with Gasteiger partial charge in [-0.2, -0.15) is 0 Å². The summed E-state index contributed by atoms with van der Waals surface area (Å²) < 4.78 is 0. The van der Waals surface area contributed by atoms with Crippen LogP contribution >= 0.6 is 24.0 Å². The Hall–Kier alpha value is -0.860. The Morgan fingerprint density at radius 1 is 1.15 bits per heavy atom. The van der Waals surface area contributed by atoms with E-state index in [1.165, 1.54) is 30.5 Å². The Morgan fingerprint density at radius 2 is 1.85 bits per heavy atom. The van der Waals surface area contributed by atoms with E-state index in [2.05, 4.69) is 72.6 Å². The number of benzene rings is 1. The number of aliphatic imine (C=N–C) groups is 1. The maximum atomic E-state index is 4.75. The molecule has 1 aromatic rings. The number of nitrogens with zero attached hydrogens (tertiary/aromatic N) is 3. The third-order valence-electron chi connectivity index (χ3n) is 4.70. The molecule has 1 saturated heterocycles. The lowest BCUT2D eigenvalue weighted by Crippen LogP contribution is -2.44. The van der Waals surface area contributed by atoms with Crippen molar-refractivity contribution >= 4 is 29.9 Å². The summed E-state index contributed by atoms with van der Waals surface area (Å²) in [6.45, 7) is 10.3. The zero-order chi connectivity index (χ0) is 18.1. The van der Waals surface area contributed by atoms with Crippen LogP contribution in [0.2, 0.25) is 0 Å². The van der Waals surface area contributed by atoms with Gasteiger partial charge in [0.05, 0.1) is 6.54 Å². The molecule has 1 fully saturated rings.